The summed E-state index contributed by atoms with van der Waals surface area (Å²) in [5.74, 6) is -0.812. The Kier molecular flexibility index (Phi) is 5.64. The first-order valence-electron chi connectivity index (χ1n) is 8.73. The van der Waals surface area contributed by atoms with Gasteiger partial charge in [0.2, 0.25) is 11.8 Å². The highest BCUT2D eigenvalue weighted by Crippen LogP contribution is 2.28. The molecule has 136 valence electrons. The highest BCUT2D eigenvalue weighted by molar-refractivity contribution is 7.99. The van der Waals surface area contributed by atoms with E-state index in [-0.39, 0.29) is 23.8 Å². The van der Waals surface area contributed by atoms with E-state index in [2.05, 4.69) is 10.6 Å². The fraction of sp³-hybridized carbons (Fsp3) is 0.875. The molecule has 0 aromatic rings. The lowest BCUT2D eigenvalue weighted by molar-refractivity contribution is -0.136. The van der Waals surface area contributed by atoms with Gasteiger partial charge in [-0.2, -0.15) is 11.8 Å². The lowest BCUT2D eigenvalue weighted by Crippen LogP contribution is -2.48. The summed E-state index contributed by atoms with van der Waals surface area (Å²) in [7, 11) is 0. The summed E-state index contributed by atoms with van der Waals surface area (Å²) in [5, 5.41) is 5.46. The first-order chi connectivity index (χ1) is 11.4. The van der Waals surface area contributed by atoms with Crippen molar-refractivity contribution < 1.29 is 18.4 Å². The minimum absolute atomic E-state index is 0.00511. The van der Waals surface area contributed by atoms with Crippen molar-refractivity contribution in [3.63, 3.8) is 0 Å². The fourth-order valence-corrected chi connectivity index (χ4v) is 4.63. The van der Waals surface area contributed by atoms with Gasteiger partial charge >= 0.3 is 0 Å². The van der Waals surface area contributed by atoms with Crippen LogP contribution in [0, 0.1) is 5.92 Å². The van der Waals surface area contributed by atoms with E-state index in [0.717, 1.165) is 50.3 Å². The number of amides is 2. The second-order valence-electron chi connectivity index (χ2n) is 6.99. The molecule has 0 aromatic heterocycles. The molecule has 5 nitrogen and oxygen atoms in total. The maximum Gasteiger partial charge on any atom is 0.262 e. The summed E-state index contributed by atoms with van der Waals surface area (Å²) in [4.78, 5) is 26.5. The summed E-state index contributed by atoms with van der Waals surface area (Å²) in [6, 6.07) is -0.806. The molecule has 3 rings (SSSR count). The molecule has 1 atom stereocenters. The van der Waals surface area contributed by atoms with Gasteiger partial charge in [-0.25, -0.2) is 8.78 Å². The molecule has 3 aliphatic rings. The van der Waals surface area contributed by atoms with Crippen LogP contribution in [0.5, 0.6) is 0 Å². The van der Waals surface area contributed by atoms with Gasteiger partial charge in [0.15, 0.2) is 0 Å². The average molecular weight is 361 g/mol. The molecule has 1 aliphatic carbocycles. The molecule has 24 heavy (non-hydrogen) atoms. The van der Waals surface area contributed by atoms with Crippen LogP contribution in [0.1, 0.15) is 32.1 Å². The number of carbonyl (C=O) groups is 2. The van der Waals surface area contributed by atoms with Crippen LogP contribution in [0.4, 0.5) is 8.78 Å². The topological polar surface area (TPSA) is 61.4 Å². The Morgan fingerprint density at radius 3 is 2.38 bits per heavy atom. The maximum absolute atomic E-state index is 13.2. The Hall–Kier alpha value is -0.890. The van der Waals surface area contributed by atoms with Crippen LogP contribution in [0.25, 0.3) is 0 Å². The number of thioether (sulfide) groups is 1. The van der Waals surface area contributed by atoms with Crippen molar-refractivity contribution in [2.24, 2.45) is 5.92 Å². The zero-order valence-electron chi connectivity index (χ0n) is 13.7. The van der Waals surface area contributed by atoms with E-state index in [1.54, 1.807) is 0 Å². The number of hydrogen-bond acceptors (Lipinski definition) is 4. The van der Waals surface area contributed by atoms with E-state index >= 15 is 0 Å². The molecular formula is C16H25F2N3O2S. The molecule has 8 heteroatoms. The Morgan fingerprint density at radius 2 is 1.79 bits per heavy atom. The van der Waals surface area contributed by atoms with E-state index in [1.807, 2.05) is 16.7 Å². The second-order valence-corrected chi connectivity index (χ2v) is 8.21. The predicted molar refractivity (Wildman–Crippen MR) is 89.1 cm³/mol. The van der Waals surface area contributed by atoms with Crippen molar-refractivity contribution >= 4 is 23.6 Å². The third kappa shape index (κ3) is 4.39. The zero-order valence-corrected chi connectivity index (χ0v) is 14.5. The summed E-state index contributed by atoms with van der Waals surface area (Å²) in [5.41, 5.74) is 0. The Bertz CT molecular complexity index is 478. The van der Waals surface area contributed by atoms with Gasteiger partial charge in [-0.05, 0) is 25.7 Å². The molecule has 2 amide bonds. The molecule has 2 aliphatic heterocycles. The normalized spacial score (nSPS) is 33.2. The van der Waals surface area contributed by atoms with Gasteiger partial charge in [0.25, 0.3) is 5.92 Å². The standard InChI is InChI=1S/C16H25F2N3O2S/c17-16(18)9-13(19-10-16)14(22)20-12-3-1-11(2-4-12)15(23)21-5-7-24-8-6-21/h11-13,19H,1-10H2,(H,20,22). The van der Waals surface area contributed by atoms with Crippen molar-refractivity contribution in [1.29, 1.82) is 0 Å². The van der Waals surface area contributed by atoms with Gasteiger partial charge in [0.05, 0.1) is 12.6 Å². The molecule has 0 radical (unpaired) electrons. The van der Waals surface area contributed by atoms with Gasteiger partial charge in [-0.1, -0.05) is 0 Å². The molecule has 1 saturated carbocycles. The molecule has 0 aromatic carbocycles. The molecule has 2 N–H and O–H groups in total. The number of alkyl halides is 2. The molecule has 1 unspecified atom stereocenters. The lowest BCUT2D eigenvalue weighted by Gasteiger charge is -2.34. The molecular weight excluding hydrogens is 336 g/mol. The van der Waals surface area contributed by atoms with Crippen LogP contribution >= 0.6 is 11.8 Å². The van der Waals surface area contributed by atoms with E-state index in [4.69, 9.17) is 0 Å². The van der Waals surface area contributed by atoms with Crippen LogP contribution in [0.2, 0.25) is 0 Å². The number of carbonyl (C=O) groups excluding carboxylic acids is 2. The first kappa shape index (κ1) is 17.9. The highest BCUT2D eigenvalue weighted by Gasteiger charge is 2.42. The summed E-state index contributed by atoms with van der Waals surface area (Å²) in [6.07, 6.45) is 2.59. The number of nitrogens with one attached hydrogen (secondary N) is 2. The highest BCUT2D eigenvalue weighted by atomic mass is 32.2. The molecule has 2 heterocycles. The monoisotopic (exact) mass is 361 g/mol. The van der Waals surface area contributed by atoms with E-state index in [9.17, 15) is 18.4 Å². The Balaban J connectivity index is 1.42. The third-order valence-electron chi connectivity index (χ3n) is 5.17. The minimum Gasteiger partial charge on any atom is -0.352 e. The van der Waals surface area contributed by atoms with Crippen LogP contribution in [0.15, 0.2) is 0 Å². The van der Waals surface area contributed by atoms with Crippen LogP contribution < -0.4 is 10.6 Å². The van der Waals surface area contributed by atoms with Crippen molar-refractivity contribution in [3.05, 3.63) is 0 Å². The maximum atomic E-state index is 13.2. The van der Waals surface area contributed by atoms with Crippen LogP contribution in [-0.4, -0.2) is 65.9 Å². The first-order valence-corrected chi connectivity index (χ1v) is 9.88. The minimum atomic E-state index is -2.79. The van der Waals surface area contributed by atoms with Crippen molar-refractivity contribution in [3.8, 4) is 0 Å². The summed E-state index contributed by atoms with van der Waals surface area (Å²) < 4.78 is 26.3. The van der Waals surface area contributed by atoms with Crippen LogP contribution in [-0.2, 0) is 9.59 Å². The number of hydrogen-bond donors (Lipinski definition) is 2. The van der Waals surface area contributed by atoms with Gasteiger partial charge in [-0.15, -0.1) is 0 Å². The number of rotatable bonds is 3. The summed E-state index contributed by atoms with van der Waals surface area (Å²) in [6.45, 7) is 1.24. The van der Waals surface area contributed by atoms with Crippen molar-refractivity contribution in [2.45, 2.75) is 50.1 Å². The average Bonchev–Trinajstić information content (AvgIpc) is 2.96. The van der Waals surface area contributed by atoms with Gasteiger partial charge in [0, 0.05) is 43.0 Å². The Morgan fingerprint density at radius 1 is 1.12 bits per heavy atom. The largest absolute Gasteiger partial charge is 0.352 e. The third-order valence-corrected chi connectivity index (χ3v) is 6.11. The second kappa shape index (κ2) is 7.56. The molecule has 0 bridgehead atoms. The smallest absolute Gasteiger partial charge is 0.262 e. The van der Waals surface area contributed by atoms with E-state index in [1.165, 1.54) is 0 Å². The summed E-state index contributed by atoms with van der Waals surface area (Å²) >= 11 is 1.88. The predicted octanol–water partition coefficient (Wildman–Crippen LogP) is 1.23. The van der Waals surface area contributed by atoms with Crippen LogP contribution in [0.3, 0.4) is 0 Å². The quantitative estimate of drug-likeness (QED) is 0.794. The van der Waals surface area contributed by atoms with Gasteiger partial charge in [-0.3, -0.25) is 14.9 Å². The number of halogens is 2. The Labute approximate surface area is 145 Å². The van der Waals surface area contributed by atoms with Gasteiger partial charge < -0.3 is 10.2 Å². The molecule has 3 fully saturated rings. The SMILES string of the molecule is O=C(NC1CCC(C(=O)N2CCSCC2)CC1)C1CC(F)(F)CN1. The van der Waals surface area contributed by atoms with Gasteiger partial charge in [0.1, 0.15) is 0 Å². The molecule has 0 spiro atoms. The van der Waals surface area contributed by atoms with Crippen molar-refractivity contribution in [1.82, 2.24) is 15.5 Å². The zero-order chi connectivity index (χ0) is 17.2. The fourth-order valence-electron chi connectivity index (χ4n) is 3.73. The number of nitrogens with zero attached hydrogens (tertiary/aromatic N) is 1. The molecule has 2 saturated heterocycles. The lowest BCUT2D eigenvalue weighted by atomic mass is 9.85. The van der Waals surface area contributed by atoms with Crippen molar-refractivity contribution in [2.75, 3.05) is 31.1 Å². The van der Waals surface area contributed by atoms with E-state index < -0.39 is 24.9 Å². The van der Waals surface area contributed by atoms with E-state index in [0.29, 0.717) is 0 Å².